The predicted molar refractivity (Wildman–Crippen MR) is 43.1 cm³/mol. The van der Waals surface area contributed by atoms with E-state index in [2.05, 4.69) is 0 Å². The summed E-state index contributed by atoms with van der Waals surface area (Å²) in [5.74, 6) is 0.473. The van der Waals surface area contributed by atoms with Gasteiger partial charge in [-0.15, -0.1) is 0 Å². The highest BCUT2D eigenvalue weighted by Crippen LogP contribution is 2.31. The summed E-state index contributed by atoms with van der Waals surface area (Å²) in [4.78, 5) is 0. The maximum Gasteiger partial charge on any atom is 0.100 e. The molecule has 0 amide bonds. The molecule has 4 atom stereocenters. The molecular weight excluding hydrogens is 143 g/mol. The van der Waals surface area contributed by atoms with Gasteiger partial charge in [0.15, 0.2) is 0 Å². The Bertz CT molecular complexity index is 125. The SMILES string of the molecule is CC(F)C1CCC(O)C(C)C1. The minimum Gasteiger partial charge on any atom is -0.393 e. The molecule has 0 aromatic carbocycles. The van der Waals surface area contributed by atoms with Crippen LogP contribution >= 0.6 is 0 Å². The van der Waals surface area contributed by atoms with Crippen LogP contribution in [0, 0.1) is 11.8 Å². The fraction of sp³-hybridized carbons (Fsp3) is 1.00. The molecule has 0 bridgehead atoms. The van der Waals surface area contributed by atoms with E-state index in [1.54, 1.807) is 6.92 Å². The molecule has 2 heteroatoms. The number of hydrogen-bond acceptors (Lipinski definition) is 1. The maximum absolute atomic E-state index is 12.8. The Hall–Kier alpha value is -0.110. The molecule has 1 aliphatic rings. The lowest BCUT2D eigenvalue weighted by Gasteiger charge is -2.31. The van der Waals surface area contributed by atoms with Crippen LogP contribution in [-0.4, -0.2) is 17.4 Å². The van der Waals surface area contributed by atoms with Crippen LogP contribution in [0.5, 0.6) is 0 Å². The average Bonchev–Trinajstić information content (AvgIpc) is 1.94. The van der Waals surface area contributed by atoms with Crippen LogP contribution in [0.15, 0.2) is 0 Å². The minimum atomic E-state index is -0.704. The van der Waals surface area contributed by atoms with E-state index < -0.39 is 6.17 Å². The van der Waals surface area contributed by atoms with Crippen LogP contribution in [0.4, 0.5) is 4.39 Å². The van der Waals surface area contributed by atoms with Gasteiger partial charge < -0.3 is 5.11 Å². The lowest BCUT2D eigenvalue weighted by Crippen LogP contribution is -2.30. The molecule has 1 nitrogen and oxygen atoms in total. The van der Waals surface area contributed by atoms with Crippen LogP contribution < -0.4 is 0 Å². The number of halogens is 1. The van der Waals surface area contributed by atoms with Crippen molar-refractivity contribution < 1.29 is 9.50 Å². The third-order valence-electron chi connectivity index (χ3n) is 2.81. The number of aliphatic hydroxyl groups is 1. The Kier molecular flexibility index (Phi) is 2.88. The molecule has 0 spiro atoms. The molecule has 0 radical (unpaired) electrons. The molecule has 0 aromatic rings. The number of hydrogen-bond donors (Lipinski definition) is 1. The Morgan fingerprint density at radius 2 is 2.09 bits per heavy atom. The normalized spacial score (nSPS) is 42.0. The first-order chi connectivity index (χ1) is 5.11. The van der Waals surface area contributed by atoms with Gasteiger partial charge in [-0.1, -0.05) is 6.92 Å². The summed E-state index contributed by atoms with van der Waals surface area (Å²) in [6, 6.07) is 0. The third kappa shape index (κ3) is 2.16. The zero-order valence-electron chi connectivity index (χ0n) is 7.26. The van der Waals surface area contributed by atoms with Gasteiger partial charge in [0.25, 0.3) is 0 Å². The molecule has 0 saturated heterocycles. The topological polar surface area (TPSA) is 20.2 Å². The van der Waals surface area contributed by atoms with Crippen molar-refractivity contribution in [1.82, 2.24) is 0 Å². The van der Waals surface area contributed by atoms with Crippen LogP contribution in [0.3, 0.4) is 0 Å². The van der Waals surface area contributed by atoms with E-state index in [-0.39, 0.29) is 17.9 Å². The van der Waals surface area contributed by atoms with E-state index in [1.165, 1.54) is 0 Å². The van der Waals surface area contributed by atoms with Gasteiger partial charge in [-0.25, -0.2) is 4.39 Å². The fourth-order valence-electron chi connectivity index (χ4n) is 1.84. The Morgan fingerprint density at radius 1 is 1.45 bits per heavy atom. The predicted octanol–water partition coefficient (Wildman–Crippen LogP) is 2.14. The second kappa shape index (κ2) is 3.53. The summed E-state index contributed by atoms with van der Waals surface area (Å²) in [7, 11) is 0. The molecule has 0 heterocycles. The maximum atomic E-state index is 12.8. The van der Waals surface area contributed by atoms with Gasteiger partial charge in [-0.3, -0.25) is 0 Å². The van der Waals surface area contributed by atoms with E-state index >= 15 is 0 Å². The van der Waals surface area contributed by atoms with Gasteiger partial charge in [-0.2, -0.15) is 0 Å². The summed E-state index contributed by atoms with van der Waals surface area (Å²) < 4.78 is 12.8. The largest absolute Gasteiger partial charge is 0.393 e. The smallest absolute Gasteiger partial charge is 0.100 e. The lowest BCUT2D eigenvalue weighted by molar-refractivity contribution is 0.0378. The van der Waals surface area contributed by atoms with Gasteiger partial charge >= 0.3 is 0 Å². The summed E-state index contributed by atoms with van der Waals surface area (Å²) in [6.07, 6.45) is 1.58. The first-order valence-electron chi connectivity index (χ1n) is 4.43. The highest BCUT2D eigenvalue weighted by molar-refractivity contribution is 4.79. The van der Waals surface area contributed by atoms with E-state index in [1.807, 2.05) is 6.92 Å². The monoisotopic (exact) mass is 160 g/mol. The lowest BCUT2D eigenvalue weighted by atomic mass is 9.79. The van der Waals surface area contributed by atoms with Gasteiger partial charge in [0.2, 0.25) is 0 Å². The minimum absolute atomic E-state index is 0.188. The molecule has 1 rings (SSSR count). The van der Waals surface area contributed by atoms with E-state index in [9.17, 15) is 9.50 Å². The van der Waals surface area contributed by atoms with Crippen molar-refractivity contribution in [3.63, 3.8) is 0 Å². The Balaban J connectivity index is 2.40. The first-order valence-corrected chi connectivity index (χ1v) is 4.43. The summed E-state index contributed by atoms with van der Waals surface area (Å²) in [6.45, 7) is 3.62. The van der Waals surface area contributed by atoms with Gasteiger partial charge in [0.05, 0.1) is 6.10 Å². The molecule has 66 valence electrons. The summed E-state index contributed by atoms with van der Waals surface area (Å²) in [5, 5.41) is 9.35. The van der Waals surface area contributed by atoms with Crippen molar-refractivity contribution in [3.8, 4) is 0 Å². The van der Waals surface area contributed by atoms with E-state index in [0.717, 1.165) is 19.3 Å². The molecule has 1 fully saturated rings. The quantitative estimate of drug-likeness (QED) is 0.623. The average molecular weight is 160 g/mol. The number of rotatable bonds is 1. The van der Waals surface area contributed by atoms with E-state index in [0.29, 0.717) is 0 Å². The van der Waals surface area contributed by atoms with Crippen molar-refractivity contribution >= 4 is 0 Å². The Morgan fingerprint density at radius 3 is 2.55 bits per heavy atom. The first kappa shape index (κ1) is 8.98. The van der Waals surface area contributed by atoms with Crippen molar-refractivity contribution in [2.24, 2.45) is 11.8 Å². The molecule has 0 aliphatic heterocycles. The third-order valence-corrected chi connectivity index (χ3v) is 2.81. The standard InChI is InChI=1S/C9H17FO/c1-6-5-8(7(2)10)3-4-9(6)11/h6-9,11H,3-5H2,1-2H3. The number of aliphatic hydroxyl groups excluding tert-OH is 1. The highest BCUT2D eigenvalue weighted by atomic mass is 19.1. The van der Waals surface area contributed by atoms with Crippen molar-refractivity contribution in [3.05, 3.63) is 0 Å². The highest BCUT2D eigenvalue weighted by Gasteiger charge is 2.28. The van der Waals surface area contributed by atoms with Crippen LogP contribution in [0.1, 0.15) is 33.1 Å². The van der Waals surface area contributed by atoms with Gasteiger partial charge in [0.1, 0.15) is 6.17 Å². The van der Waals surface area contributed by atoms with Gasteiger partial charge in [-0.05, 0) is 38.0 Å². The zero-order chi connectivity index (χ0) is 8.43. The number of alkyl halides is 1. The second-order valence-corrected chi connectivity index (χ2v) is 3.80. The Labute approximate surface area is 67.6 Å². The molecule has 0 aromatic heterocycles. The fourth-order valence-corrected chi connectivity index (χ4v) is 1.84. The van der Waals surface area contributed by atoms with E-state index in [4.69, 9.17) is 0 Å². The van der Waals surface area contributed by atoms with Gasteiger partial charge in [0, 0.05) is 0 Å². The van der Waals surface area contributed by atoms with Crippen molar-refractivity contribution in [1.29, 1.82) is 0 Å². The molecular formula is C9H17FO. The molecule has 11 heavy (non-hydrogen) atoms. The van der Waals surface area contributed by atoms with Crippen LogP contribution in [-0.2, 0) is 0 Å². The molecule has 1 N–H and O–H groups in total. The van der Waals surface area contributed by atoms with Crippen LogP contribution in [0.25, 0.3) is 0 Å². The van der Waals surface area contributed by atoms with Crippen molar-refractivity contribution in [2.75, 3.05) is 0 Å². The second-order valence-electron chi connectivity index (χ2n) is 3.80. The van der Waals surface area contributed by atoms with Crippen LogP contribution in [0.2, 0.25) is 0 Å². The molecule has 1 aliphatic carbocycles. The molecule has 4 unspecified atom stereocenters. The molecule has 1 saturated carbocycles. The summed E-state index contributed by atoms with van der Waals surface area (Å²) >= 11 is 0. The zero-order valence-corrected chi connectivity index (χ0v) is 7.26. The summed E-state index contributed by atoms with van der Waals surface area (Å²) in [5.41, 5.74) is 0. The van der Waals surface area contributed by atoms with Crippen molar-refractivity contribution in [2.45, 2.75) is 45.4 Å².